The van der Waals surface area contributed by atoms with Gasteiger partial charge in [-0.05, 0) is 34.9 Å². The Morgan fingerprint density at radius 2 is 1.86 bits per heavy atom. The van der Waals surface area contributed by atoms with Crippen molar-refractivity contribution >= 4 is 28.4 Å². The number of carbonyl (C=O) groups is 1. The molecule has 4 nitrogen and oxygen atoms in total. The molecule has 0 saturated carbocycles. The van der Waals surface area contributed by atoms with Gasteiger partial charge in [0.05, 0.1) is 0 Å². The fourth-order valence-corrected chi connectivity index (χ4v) is 3.76. The molecule has 140 valence electrons. The molecule has 4 aromatic rings. The van der Waals surface area contributed by atoms with Gasteiger partial charge in [0.15, 0.2) is 0 Å². The Labute approximate surface area is 168 Å². The van der Waals surface area contributed by atoms with E-state index in [4.69, 9.17) is 11.6 Å². The number of nitrogens with zero attached hydrogens (tertiary/aromatic N) is 1. The first kappa shape index (κ1) is 18.3. The number of H-pyrrole nitrogens is 1. The third-order valence-electron chi connectivity index (χ3n) is 4.88. The van der Waals surface area contributed by atoms with Gasteiger partial charge in [0, 0.05) is 53.4 Å². The lowest BCUT2D eigenvalue weighted by molar-refractivity contribution is -0.121. The van der Waals surface area contributed by atoms with Crippen LogP contribution in [0.3, 0.4) is 0 Å². The lowest BCUT2D eigenvalue weighted by Gasteiger charge is -2.18. The van der Waals surface area contributed by atoms with Crippen molar-refractivity contribution in [3.63, 3.8) is 0 Å². The molecule has 0 spiro atoms. The van der Waals surface area contributed by atoms with Crippen LogP contribution in [0.25, 0.3) is 10.9 Å². The largest absolute Gasteiger partial charge is 0.361 e. The minimum atomic E-state index is -0.140. The molecule has 28 heavy (non-hydrogen) atoms. The number of nitrogens with one attached hydrogen (secondary N) is 2. The number of fused-ring (bicyclic) bond motifs is 1. The number of benzene rings is 2. The molecule has 1 amide bonds. The summed E-state index contributed by atoms with van der Waals surface area (Å²) in [5.41, 5.74) is 4.04. The fourth-order valence-electron chi connectivity index (χ4n) is 3.49. The Balaban J connectivity index is 1.62. The van der Waals surface area contributed by atoms with Crippen LogP contribution in [0.2, 0.25) is 5.02 Å². The normalized spacial score (nSPS) is 12.0. The number of pyridine rings is 1. The van der Waals surface area contributed by atoms with Gasteiger partial charge in [-0.1, -0.05) is 54.1 Å². The van der Waals surface area contributed by atoms with Crippen LogP contribution in [0.15, 0.2) is 79.3 Å². The highest BCUT2D eigenvalue weighted by Crippen LogP contribution is 2.36. The van der Waals surface area contributed by atoms with Crippen LogP contribution in [-0.4, -0.2) is 15.9 Å². The second-order valence-corrected chi connectivity index (χ2v) is 7.11. The molecule has 2 aromatic heterocycles. The second kappa shape index (κ2) is 8.28. The number of hydrogen-bond acceptors (Lipinski definition) is 2. The van der Waals surface area contributed by atoms with Gasteiger partial charge >= 0.3 is 0 Å². The number of carbonyl (C=O) groups excluding carboxylic acids is 1. The van der Waals surface area contributed by atoms with E-state index in [2.05, 4.69) is 21.4 Å². The molecule has 0 saturated heterocycles. The third kappa shape index (κ3) is 3.92. The monoisotopic (exact) mass is 389 g/mol. The van der Waals surface area contributed by atoms with Gasteiger partial charge in [-0.2, -0.15) is 0 Å². The summed E-state index contributed by atoms with van der Waals surface area (Å²) in [4.78, 5) is 20.1. The molecule has 0 bridgehead atoms. The van der Waals surface area contributed by atoms with Crippen molar-refractivity contribution in [2.24, 2.45) is 0 Å². The summed E-state index contributed by atoms with van der Waals surface area (Å²) in [6.45, 7) is 0.454. The van der Waals surface area contributed by atoms with Crippen molar-refractivity contribution in [2.45, 2.75) is 18.9 Å². The van der Waals surface area contributed by atoms with Gasteiger partial charge < -0.3 is 10.3 Å². The first-order chi connectivity index (χ1) is 13.7. The van der Waals surface area contributed by atoms with Crippen LogP contribution in [0.4, 0.5) is 0 Å². The molecule has 0 fully saturated rings. The van der Waals surface area contributed by atoms with Crippen molar-refractivity contribution in [3.8, 4) is 0 Å². The van der Waals surface area contributed by atoms with Crippen LogP contribution in [0, 0.1) is 0 Å². The summed E-state index contributed by atoms with van der Waals surface area (Å²) >= 11 is 6.49. The summed E-state index contributed by atoms with van der Waals surface area (Å²) in [6, 6.07) is 19.6. The van der Waals surface area contributed by atoms with Crippen molar-refractivity contribution in [1.29, 1.82) is 0 Å². The van der Waals surface area contributed by atoms with Gasteiger partial charge in [-0.25, -0.2) is 0 Å². The number of amides is 1. The highest BCUT2D eigenvalue weighted by Gasteiger charge is 2.23. The molecular formula is C23H20ClN3O. The molecule has 1 unspecified atom stereocenters. The van der Waals surface area contributed by atoms with Crippen LogP contribution in [0.5, 0.6) is 0 Å². The van der Waals surface area contributed by atoms with Crippen molar-refractivity contribution in [1.82, 2.24) is 15.3 Å². The minimum Gasteiger partial charge on any atom is -0.361 e. The summed E-state index contributed by atoms with van der Waals surface area (Å²) < 4.78 is 0. The molecule has 0 radical (unpaired) electrons. The molecule has 5 heteroatoms. The molecule has 2 aromatic carbocycles. The third-order valence-corrected chi connectivity index (χ3v) is 5.22. The van der Waals surface area contributed by atoms with Gasteiger partial charge in [-0.15, -0.1) is 0 Å². The summed E-state index contributed by atoms with van der Waals surface area (Å²) in [6.07, 6.45) is 5.76. The first-order valence-corrected chi connectivity index (χ1v) is 9.56. The predicted octanol–water partition coefficient (Wildman–Crippen LogP) is 5.05. The first-order valence-electron chi connectivity index (χ1n) is 9.18. The number of aromatic nitrogens is 2. The SMILES string of the molecule is O=C(CC(c1ccccc1Cl)c1c[nH]c2ccccc12)NCc1cccnc1. The van der Waals surface area contributed by atoms with E-state index in [1.807, 2.05) is 60.8 Å². The van der Waals surface area contributed by atoms with E-state index in [0.717, 1.165) is 27.6 Å². The van der Waals surface area contributed by atoms with Crippen LogP contribution >= 0.6 is 11.6 Å². The molecule has 1 atom stereocenters. The Bertz CT molecular complexity index is 1090. The Morgan fingerprint density at radius 1 is 1.04 bits per heavy atom. The van der Waals surface area contributed by atoms with E-state index in [1.54, 1.807) is 12.4 Å². The average molecular weight is 390 g/mol. The Hall–Kier alpha value is -3.11. The number of para-hydroxylation sites is 1. The maximum absolute atomic E-state index is 12.8. The minimum absolute atomic E-state index is 0.0287. The Morgan fingerprint density at radius 3 is 2.68 bits per heavy atom. The fraction of sp³-hybridized carbons (Fsp3) is 0.130. The topological polar surface area (TPSA) is 57.8 Å². The van der Waals surface area contributed by atoms with Gasteiger partial charge in [-0.3, -0.25) is 9.78 Å². The molecule has 0 aliphatic carbocycles. The molecule has 2 heterocycles. The van der Waals surface area contributed by atoms with E-state index >= 15 is 0 Å². The predicted molar refractivity (Wildman–Crippen MR) is 112 cm³/mol. The zero-order valence-corrected chi connectivity index (χ0v) is 16.0. The number of rotatable bonds is 6. The summed E-state index contributed by atoms with van der Waals surface area (Å²) in [5.74, 6) is -0.169. The van der Waals surface area contributed by atoms with Gasteiger partial charge in [0.2, 0.25) is 5.91 Å². The molecule has 2 N–H and O–H groups in total. The Kier molecular flexibility index (Phi) is 5.40. The smallest absolute Gasteiger partial charge is 0.221 e. The number of halogens is 1. The molecule has 0 aliphatic rings. The van der Waals surface area contributed by atoms with E-state index in [1.165, 1.54) is 0 Å². The van der Waals surface area contributed by atoms with Crippen LogP contribution in [-0.2, 0) is 11.3 Å². The summed E-state index contributed by atoms with van der Waals surface area (Å²) in [7, 11) is 0. The number of aromatic amines is 1. The molecule has 4 rings (SSSR count). The zero-order valence-electron chi connectivity index (χ0n) is 15.2. The van der Waals surface area contributed by atoms with Crippen molar-refractivity contribution < 1.29 is 4.79 Å². The quantitative estimate of drug-likeness (QED) is 0.484. The van der Waals surface area contributed by atoms with Gasteiger partial charge in [0.1, 0.15) is 0 Å². The van der Waals surface area contributed by atoms with Crippen molar-refractivity contribution in [3.05, 3.63) is 101 Å². The second-order valence-electron chi connectivity index (χ2n) is 6.71. The zero-order chi connectivity index (χ0) is 19.3. The maximum atomic E-state index is 12.8. The van der Waals surface area contributed by atoms with Crippen LogP contribution < -0.4 is 5.32 Å². The standard InChI is InChI=1S/C23H20ClN3O/c24-21-9-3-1-7-17(21)19(20-15-26-22-10-4-2-8-18(20)22)12-23(28)27-14-16-6-5-11-25-13-16/h1-11,13,15,19,26H,12,14H2,(H,27,28). The molecular weight excluding hydrogens is 370 g/mol. The van der Waals surface area contributed by atoms with E-state index < -0.39 is 0 Å². The van der Waals surface area contributed by atoms with Crippen molar-refractivity contribution in [2.75, 3.05) is 0 Å². The highest BCUT2D eigenvalue weighted by molar-refractivity contribution is 6.31. The van der Waals surface area contributed by atoms with E-state index in [0.29, 0.717) is 18.0 Å². The lowest BCUT2D eigenvalue weighted by atomic mass is 9.88. The van der Waals surface area contributed by atoms with E-state index in [-0.39, 0.29) is 11.8 Å². The van der Waals surface area contributed by atoms with Gasteiger partial charge in [0.25, 0.3) is 0 Å². The average Bonchev–Trinajstić information content (AvgIpc) is 3.16. The van der Waals surface area contributed by atoms with E-state index in [9.17, 15) is 4.79 Å². The van der Waals surface area contributed by atoms with Crippen LogP contribution in [0.1, 0.15) is 29.0 Å². The summed E-state index contributed by atoms with van der Waals surface area (Å²) in [5, 5.41) is 4.77. The lowest BCUT2D eigenvalue weighted by Crippen LogP contribution is -2.25. The maximum Gasteiger partial charge on any atom is 0.221 e. The number of hydrogen-bond donors (Lipinski definition) is 2. The molecule has 0 aliphatic heterocycles. The highest BCUT2D eigenvalue weighted by atomic mass is 35.5.